The first-order valence-electron chi connectivity index (χ1n) is 4.16. The first kappa shape index (κ1) is 10.4. The maximum Gasteiger partial charge on any atom is 0.328 e. The van der Waals surface area contributed by atoms with Gasteiger partial charge in [-0.3, -0.25) is 15.0 Å². The summed E-state index contributed by atoms with van der Waals surface area (Å²) in [5.41, 5.74) is 0.106. The van der Waals surface area contributed by atoms with Crippen molar-refractivity contribution in [2.45, 2.75) is 13.3 Å². The van der Waals surface area contributed by atoms with Crippen molar-refractivity contribution in [2.24, 2.45) is 0 Å². The minimum Gasteiger partial charge on any atom is -0.291 e. The number of carbonyl (C=O) groups excluding carboxylic acids is 2. The molecule has 0 bridgehead atoms. The number of halogens is 1. The first-order chi connectivity index (χ1) is 6.56. The van der Waals surface area contributed by atoms with E-state index in [1.165, 1.54) is 13.0 Å². The van der Waals surface area contributed by atoms with E-state index in [0.717, 1.165) is 4.90 Å². The number of carbonyl (C=O) groups is 2. The van der Waals surface area contributed by atoms with Gasteiger partial charge >= 0.3 is 6.03 Å². The van der Waals surface area contributed by atoms with E-state index >= 15 is 0 Å². The van der Waals surface area contributed by atoms with E-state index in [0.29, 0.717) is 0 Å². The molecule has 0 aromatic heterocycles. The van der Waals surface area contributed by atoms with Gasteiger partial charge in [0.25, 0.3) is 0 Å². The van der Waals surface area contributed by atoms with Crippen LogP contribution in [0.4, 0.5) is 9.18 Å². The van der Waals surface area contributed by atoms with Crippen molar-refractivity contribution in [1.82, 2.24) is 10.2 Å². The number of nitrogens with zero attached hydrogens (tertiary/aromatic N) is 1. The lowest BCUT2D eigenvalue weighted by Gasteiger charge is -2.27. The van der Waals surface area contributed by atoms with Gasteiger partial charge in [-0.1, -0.05) is 6.58 Å². The summed E-state index contributed by atoms with van der Waals surface area (Å²) in [6, 6.07) is -0.604. The molecule has 5 heteroatoms. The maximum atomic E-state index is 12.9. The molecule has 1 rings (SSSR count). The topological polar surface area (TPSA) is 49.4 Å². The Labute approximate surface area is 81.1 Å². The molecule has 0 radical (unpaired) electrons. The van der Waals surface area contributed by atoms with E-state index in [1.807, 2.05) is 0 Å². The third kappa shape index (κ3) is 1.99. The molecule has 1 heterocycles. The van der Waals surface area contributed by atoms with Crippen molar-refractivity contribution in [3.05, 3.63) is 24.2 Å². The molecular formula is C9H11FN2O2. The van der Waals surface area contributed by atoms with Crippen LogP contribution in [0, 0.1) is 0 Å². The fourth-order valence-corrected chi connectivity index (χ4v) is 1.23. The average Bonchev–Trinajstić information content (AvgIpc) is 2.09. The smallest absolute Gasteiger partial charge is 0.291 e. The van der Waals surface area contributed by atoms with Gasteiger partial charge in [0.1, 0.15) is 5.83 Å². The lowest BCUT2D eigenvalue weighted by Crippen LogP contribution is -2.48. The van der Waals surface area contributed by atoms with Gasteiger partial charge < -0.3 is 0 Å². The van der Waals surface area contributed by atoms with Crippen LogP contribution in [0.3, 0.4) is 0 Å². The fraction of sp³-hybridized carbons (Fsp3) is 0.333. The Kier molecular flexibility index (Phi) is 3.01. The van der Waals surface area contributed by atoms with Gasteiger partial charge in [0, 0.05) is 13.0 Å². The fourth-order valence-electron chi connectivity index (χ4n) is 1.23. The van der Waals surface area contributed by atoms with Crippen molar-refractivity contribution >= 4 is 11.9 Å². The Morgan fingerprint density at radius 2 is 2.29 bits per heavy atom. The molecular weight excluding hydrogens is 187 g/mol. The highest BCUT2D eigenvalue weighted by Gasteiger charge is 2.25. The van der Waals surface area contributed by atoms with Crippen LogP contribution in [-0.2, 0) is 4.79 Å². The minimum absolute atomic E-state index is 0.106. The number of amides is 3. The van der Waals surface area contributed by atoms with E-state index < -0.39 is 11.9 Å². The molecule has 76 valence electrons. The van der Waals surface area contributed by atoms with Crippen molar-refractivity contribution < 1.29 is 14.0 Å². The van der Waals surface area contributed by atoms with Crippen LogP contribution in [0.15, 0.2) is 24.2 Å². The Balaban J connectivity index is 2.88. The number of urea groups is 1. The summed E-state index contributed by atoms with van der Waals surface area (Å²) in [5.74, 6) is -0.837. The Bertz CT molecular complexity index is 319. The van der Waals surface area contributed by atoms with E-state index in [-0.39, 0.29) is 24.6 Å². The molecule has 0 aromatic rings. The highest BCUT2D eigenvalue weighted by Crippen LogP contribution is 2.15. The van der Waals surface area contributed by atoms with E-state index in [4.69, 9.17) is 0 Å². The normalized spacial score (nSPS) is 18.9. The quantitative estimate of drug-likeness (QED) is 0.680. The predicted molar refractivity (Wildman–Crippen MR) is 48.9 cm³/mol. The highest BCUT2D eigenvalue weighted by molar-refractivity contribution is 5.97. The van der Waals surface area contributed by atoms with Crippen LogP contribution in [0.1, 0.15) is 13.3 Å². The Hall–Kier alpha value is -1.65. The number of allylic oxidation sites excluding steroid dienone is 2. The van der Waals surface area contributed by atoms with Crippen LogP contribution in [0.2, 0.25) is 0 Å². The summed E-state index contributed by atoms with van der Waals surface area (Å²) in [6.07, 6.45) is 1.43. The maximum absolute atomic E-state index is 12.9. The monoisotopic (exact) mass is 198 g/mol. The molecule has 1 fully saturated rings. The molecule has 1 saturated heterocycles. The van der Waals surface area contributed by atoms with Crippen LogP contribution in [0.25, 0.3) is 0 Å². The summed E-state index contributed by atoms with van der Waals surface area (Å²) in [6.45, 7) is 4.83. The SMILES string of the molecule is C=C/C(=C(\C)F)N1CCC(=O)NC1=O. The molecule has 0 aliphatic carbocycles. The van der Waals surface area contributed by atoms with E-state index in [2.05, 4.69) is 11.9 Å². The summed E-state index contributed by atoms with van der Waals surface area (Å²) < 4.78 is 12.9. The van der Waals surface area contributed by atoms with Gasteiger partial charge in [-0.15, -0.1) is 0 Å². The van der Waals surface area contributed by atoms with Gasteiger partial charge in [-0.05, 0) is 13.0 Å². The van der Waals surface area contributed by atoms with Gasteiger partial charge in [-0.25, -0.2) is 9.18 Å². The van der Waals surface area contributed by atoms with Crippen molar-refractivity contribution in [2.75, 3.05) is 6.54 Å². The summed E-state index contributed by atoms with van der Waals surface area (Å²) >= 11 is 0. The zero-order chi connectivity index (χ0) is 10.7. The van der Waals surface area contributed by atoms with Crippen LogP contribution < -0.4 is 5.32 Å². The van der Waals surface area contributed by atoms with Crippen LogP contribution in [0.5, 0.6) is 0 Å². The first-order valence-corrected chi connectivity index (χ1v) is 4.16. The molecule has 4 nitrogen and oxygen atoms in total. The number of rotatable bonds is 2. The van der Waals surface area contributed by atoms with Crippen LogP contribution in [-0.4, -0.2) is 23.4 Å². The molecule has 0 atom stereocenters. The molecule has 0 unspecified atom stereocenters. The number of hydrogen-bond donors (Lipinski definition) is 1. The van der Waals surface area contributed by atoms with E-state index in [1.54, 1.807) is 0 Å². The van der Waals surface area contributed by atoms with Gasteiger partial charge in [-0.2, -0.15) is 0 Å². The molecule has 3 amide bonds. The molecule has 1 N–H and O–H groups in total. The predicted octanol–water partition coefficient (Wildman–Crippen LogP) is 1.32. The van der Waals surface area contributed by atoms with Crippen molar-refractivity contribution in [3.63, 3.8) is 0 Å². The number of nitrogens with one attached hydrogen (secondary N) is 1. The third-order valence-electron chi connectivity index (χ3n) is 1.89. The second kappa shape index (κ2) is 4.04. The summed E-state index contributed by atoms with van der Waals surface area (Å²) in [5, 5.41) is 2.10. The summed E-state index contributed by atoms with van der Waals surface area (Å²) in [7, 11) is 0. The largest absolute Gasteiger partial charge is 0.328 e. The van der Waals surface area contributed by atoms with Crippen molar-refractivity contribution in [1.29, 1.82) is 0 Å². The average molecular weight is 198 g/mol. The molecule has 0 aromatic carbocycles. The standard InChI is InChI=1S/C9H11FN2O2/c1-3-7(6(2)10)12-5-4-8(13)11-9(12)14/h3H,1,4-5H2,2H3,(H,11,13,14)/b7-6-. The third-order valence-corrected chi connectivity index (χ3v) is 1.89. The Morgan fingerprint density at radius 3 is 2.71 bits per heavy atom. The lowest BCUT2D eigenvalue weighted by molar-refractivity contribution is -0.121. The highest BCUT2D eigenvalue weighted by atomic mass is 19.1. The summed E-state index contributed by atoms with van der Waals surface area (Å²) in [4.78, 5) is 23.2. The van der Waals surface area contributed by atoms with Crippen LogP contribution >= 0.6 is 0 Å². The minimum atomic E-state index is -0.604. The van der Waals surface area contributed by atoms with E-state index in [9.17, 15) is 14.0 Å². The number of imide groups is 1. The zero-order valence-electron chi connectivity index (χ0n) is 7.84. The molecule has 0 spiro atoms. The lowest BCUT2D eigenvalue weighted by atomic mass is 10.2. The number of hydrogen-bond acceptors (Lipinski definition) is 2. The second-order valence-corrected chi connectivity index (χ2v) is 2.88. The molecule has 1 aliphatic heterocycles. The second-order valence-electron chi connectivity index (χ2n) is 2.88. The molecule has 14 heavy (non-hydrogen) atoms. The van der Waals surface area contributed by atoms with Crippen molar-refractivity contribution in [3.8, 4) is 0 Å². The van der Waals surface area contributed by atoms with Gasteiger partial charge in [0.05, 0.1) is 5.70 Å². The molecule has 1 aliphatic rings. The zero-order valence-corrected chi connectivity index (χ0v) is 7.84. The van der Waals surface area contributed by atoms with Gasteiger partial charge in [0.15, 0.2) is 0 Å². The van der Waals surface area contributed by atoms with Gasteiger partial charge in [0.2, 0.25) is 5.91 Å². The molecule has 0 saturated carbocycles. The Morgan fingerprint density at radius 1 is 1.64 bits per heavy atom.